The molecule has 1 saturated heterocycles. The summed E-state index contributed by atoms with van der Waals surface area (Å²) in [6.07, 6.45) is 2.25. The first-order valence-electron chi connectivity index (χ1n) is 3.72. The number of hydrogen-bond acceptors (Lipinski definition) is 3. The minimum atomic E-state index is -0.0134. The van der Waals surface area contributed by atoms with Crippen molar-refractivity contribution >= 4 is 22.7 Å². The summed E-state index contributed by atoms with van der Waals surface area (Å²) in [5, 5.41) is 0.896. The number of aliphatic imine (C=N–C) groups is 1. The van der Waals surface area contributed by atoms with Crippen LogP contribution in [-0.4, -0.2) is 29.4 Å². The average molecular weight is 171 g/mol. The van der Waals surface area contributed by atoms with Crippen molar-refractivity contribution in [3.05, 3.63) is 0 Å². The summed E-state index contributed by atoms with van der Waals surface area (Å²) in [5.74, 6) is 0.496. The molecular formula is C7H9NO2S. The second-order valence-corrected chi connectivity index (χ2v) is 3.63. The third-order valence-corrected chi connectivity index (χ3v) is 2.82. The Balaban J connectivity index is 2.04. The maximum absolute atomic E-state index is 10.7. The van der Waals surface area contributed by atoms with Crippen LogP contribution in [0.15, 0.2) is 4.99 Å². The van der Waals surface area contributed by atoms with Crippen LogP contribution in [0.25, 0.3) is 0 Å². The highest BCUT2D eigenvalue weighted by Gasteiger charge is 2.26. The molecule has 3 nitrogen and oxygen atoms in total. The standard InChI is InChI=1S/C7H9NO2S/c9-6-4-11-7(8-6)5-2-1-3-10-5/h5H,1-4H2. The van der Waals surface area contributed by atoms with Crippen molar-refractivity contribution in [3.8, 4) is 0 Å². The fourth-order valence-corrected chi connectivity index (χ4v) is 2.13. The van der Waals surface area contributed by atoms with E-state index in [0.717, 1.165) is 24.5 Å². The molecule has 1 amide bonds. The first-order chi connectivity index (χ1) is 5.36. The molecule has 2 heterocycles. The molecule has 0 aliphatic carbocycles. The largest absolute Gasteiger partial charge is 0.371 e. The zero-order valence-corrected chi connectivity index (χ0v) is 6.89. The molecule has 0 spiro atoms. The van der Waals surface area contributed by atoms with E-state index < -0.39 is 0 Å². The second-order valence-electron chi connectivity index (χ2n) is 2.63. The van der Waals surface area contributed by atoms with Crippen LogP contribution < -0.4 is 0 Å². The average Bonchev–Trinajstić information content (AvgIpc) is 2.55. The summed E-state index contributed by atoms with van der Waals surface area (Å²) in [4.78, 5) is 14.6. The second kappa shape index (κ2) is 2.95. The first kappa shape index (κ1) is 7.31. The zero-order valence-electron chi connectivity index (χ0n) is 6.08. The first-order valence-corrected chi connectivity index (χ1v) is 4.70. The van der Waals surface area contributed by atoms with Crippen LogP contribution in [0, 0.1) is 0 Å². The van der Waals surface area contributed by atoms with E-state index in [1.807, 2.05) is 0 Å². The third kappa shape index (κ3) is 1.46. The SMILES string of the molecule is O=C1CSC(C2CCCO2)=N1. The van der Waals surface area contributed by atoms with Gasteiger partial charge in [0, 0.05) is 6.61 Å². The summed E-state index contributed by atoms with van der Waals surface area (Å²) in [6, 6.07) is 0. The predicted molar refractivity (Wildman–Crippen MR) is 43.9 cm³/mol. The molecule has 0 aromatic rings. The normalized spacial score (nSPS) is 31.1. The van der Waals surface area contributed by atoms with Crippen LogP contribution >= 0.6 is 11.8 Å². The lowest BCUT2D eigenvalue weighted by Gasteiger charge is -2.05. The lowest BCUT2D eigenvalue weighted by atomic mass is 10.2. The van der Waals surface area contributed by atoms with Crippen molar-refractivity contribution in [1.29, 1.82) is 0 Å². The van der Waals surface area contributed by atoms with Gasteiger partial charge in [0.15, 0.2) is 0 Å². The van der Waals surface area contributed by atoms with E-state index in [2.05, 4.69) is 4.99 Å². The Kier molecular flexibility index (Phi) is 1.96. The van der Waals surface area contributed by atoms with Gasteiger partial charge in [-0.25, -0.2) is 4.99 Å². The molecule has 0 saturated carbocycles. The topological polar surface area (TPSA) is 38.7 Å². The van der Waals surface area contributed by atoms with Gasteiger partial charge in [0.05, 0.1) is 5.75 Å². The molecule has 0 N–H and O–H groups in total. The fourth-order valence-electron chi connectivity index (χ4n) is 1.26. The van der Waals surface area contributed by atoms with E-state index >= 15 is 0 Å². The Hall–Kier alpha value is -0.350. The van der Waals surface area contributed by atoms with Crippen molar-refractivity contribution in [2.24, 2.45) is 4.99 Å². The Morgan fingerprint density at radius 2 is 2.55 bits per heavy atom. The van der Waals surface area contributed by atoms with Crippen LogP contribution in [0.3, 0.4) is 0 Å². The number of rotatable bonds is 1. The van der Waals surface area contributed by atoms with Gasteiger partial charge >= 0.3 is 0 Å². The van der Waals surface area contributed by atoms with Crippen molar-refractivity contribution in [2.45, 2.75) is 18.9 Å². The van der Waals surface area contributed by atoms with Gasteiger partial charge in [-0.3, -0.25) is 4.79 Å². The fraction of sp³-hybridized carbons (Fsp3) is 0.714. The van der Waals surface area contributed by atoms with Crippen molar-refractivity contribution in [3.63, 3.8) is 0 Å². The maximum Gasteiger partial charge on any atom is 0.256 e. The smallest absolute Gasteiger partial charge is 0.256 e. The van der Waals surface area contributed by atoms with Gasteiger partial charge in [0.25, 0.3) is 5.91 Å². The van der Waals surface area contributed by atoms with Crippen molar-refractivity contribution in [1.82, 2.24) is 0 Å². The molecule has 11 heavy (non-hydrogen) atoms. The predicted octanol–water partition coefficient (Wildman–Crippen LogP) is 0.837. The van der Waals surface area contributed by atoms with Gasteiger partial charge in [-0.05, 0) is 12.8 Å². The van der Waals surface area contributed by atoms with Crippen molar-refractivity contribution < 1.29 is 9.53 Å². The molecule has 0 aromatic heterocycles. The number of hydrogen-bond donors (Lipinski definition) is 0. The van der Waals surface area contributed by atoms with E-state index in [9.17, 15) is 4.79 Å². The van der Waals surface area contributed by atoms with Gasteiger partial charge in [-0.15, -0.1) is 0 Å². The lowest BCUT2D eigenvalue weighted by Crippen LogP contribution is -2.14. The Labute approximate surface area is 69.2 Å². The molecule has 2 aliphatic heterocycles. The molecular weight excluding hydrogens is 162 g/mol. The Morgan fingerprint density at radius 1 is 1.64 bits per heavy atom. The molecule has 4 heteroatoms. The third-order valence-electron chi connectivity index (χ3n) is 1.78. The molecule has 0 aromatic carbocycles. The molecule has 60 valence electrons. The van der Waals surface area contributed by atoms with Crippen molar-refractivity contribution in [2.75, 3.05) is 12.4 Å². The van der Waals surface area contributed by atoms with Gasteiger partial charge in [-0.1, -0.05) is 11.8 Å². The summed E-state index contributed by atoms with van der Waals surface area (Å²) in [5.41, 5.74) is 0. The van der Waals surface area contributed by atoms with Crippen LogP contribution in [0.5, 0.6) is 0 Å². The molecule has 0 bridgehead atoms. The highest BCUT2D eigenvalue weighted by Crippen LogP contribution is 2.23. The number of carbonyl (C=O) groups excluding carboxylic acids is 1. The van der Waals surface area contributed by atoms with Crippen LogP contribution in [0.2, 0.25) is 0 Å². The Bertz CT molecular complexity index is 208. The number of carbonyl (C=O) groups is 1. The zero-order chi connectivity index (χ0) is 7.68. The number of nitrogens with zero attached hydrogens (tertiary/aromatic N) is 1. The van der Waals surface area contributed by atoms with Crippen LogP contribution in [-0.2, 0) is 9.53 Å². The summed E-state index contributed by atoms with van der Waals surface area (Å²) >= 11 is 1.52. The van der Waals surface area contributed by atoms with Gasteiger partial charge in [0.1, 0.15) is 11.1 Å². The van der Waals surface area contributed by atoms with Crippen LogP contribution in [0.4, 0.5) is 0 Å². The quantitative estimate of drug-likeness (QED) is 0.586. The Morgan fingerprint density at radius 3 is 3.09 bits per heavy atom. The monoisotopic (exact) mass is 171 g/mol. The summed E-state index contributed by atoms with van der Waals surface area (Å²) < 4.78 is 5.38. The van der Waals surface area contributed by atoms with E-state index in [1.165, 1.54) is 11.8 Å². The molecule has 0 radical (unpaired) electrons. The van der Waals surface area contributed by atoms with E-state index in [4.69, 9.17) is 4.74 Å². The highest BCUT2D eigenvalue weighted by molar-refractivity contribution is 8.15. The summed E-state index contributed by atoms with van der Waals surface area (Å²) in [7, 11) is 0. The minimum Gasteiger partial charge on any atom is -0.371 e. The molecule has 1 fully saturated rings. The lowest BCUT2D eigenvalue weighted by molar-refractivity contribution is -0.115. The van der Waals surface area contributed by atoms with E-state index in [-0.39, 0.29) is 12.0 Å². The number of thioether (sulfide) groups is 1. The number of ether oxygens (including phenoxy) is 1. The molecule has 2 rings (SSSR count). The maximum atomic E-state index is 10.7. The van der Waals surface area contributed by atoms with E-state index in [0.29, 0.717) is 5.75 Å². The highest BCUT2D eigenvalue weighted by atomic mass is 32.2. The van der Waals surface area contributed by atoms with E-state index in [1.54, 1.807) is 0 Å². The van der Waals surface area contributed by atoms with Gasteiger partial charge in [-0.2, -0.15) is 0 Å². The minimum absolute atomic E-state index is 0.0134. The molecule has 1 unspecified atom stereocenters. The summed E-state index contributed by atoms with van der Waals surface area (Å²) in [6.45, 7) is 0.818. The van der Waals surface area contributed by atoms with Crippen LogP contribution in [0.1, 0.15) is 12.8 Å². The number of amides is 1. The van der Waals surface area contributed by atoms with Gasteiger partial charge < -0.3 is 4.74 Å². The molecule has 2 aliphatic rings. The van der Waals surface area contributed by atoms with Gasteiger partial charge in [0.2, 0.25) is 0 Å². The molecule has 1 atom stereocenters.